The second kappa shape index (κ2) is 8.01. The average molecular weight is 434 g/mol. The molecule has 2 aromatic heterocycles. The molecular formula is C23H19N3O2S2. The van der Waals surface area contributed by atoms with Crippen molar-refractivity contribution >= 4 is 56.1 Å². The molecule has 30 heavy (non-hydrogen) atoms. The van der Waals surface area contributed by atoms with Crippen molar-refractivity contribution in [1.29, 1.82) is 0 Å². The van der Waals surface area contributed by atoms with E-state index in [9.17, 15) is 9.59 Å². The van der Waals surface area contributed by atoms with E-state index >= 15 is 0 Å². The highest BCUT2D eigenvalue weighted by atomic mass is 32.1. The summed E-state index contributed by atoms with van der Waals surface area (Å²) in [4.78, 5) is 30.1. The standard InChI is InChI=1S/C23H19N3O2S2/c27-20(25-19-9-8-15-7-6-14-3-1-5-18(19)22(14)15)11-16-13-30-23(24-16)26-21(28)12-17-4-2-10-29-17/h1-5,8-10,13H,6-7,11-12H2,(H,25,27)(H,24,26,28). The fourth-order valence-electron chi connectivity index (χ4n) is 3.90. The molecule has 0 unspecified atom stereocenters. The molecule has 1 aliphatic carbocycles. The normalized spacial score (nSPS) is 12.3. The van der Waals surface area contributed by atoms with E-state index in [0.29, 0.717) is 17.2 Å². The van der Waals surface area contributed by atoms with Gasteiger partial charge in [0.2, 0.25) is 11.8 Å². The molecule has 7 heteroatoms. The molecule has 4 aromatic rings. The molecule has 2 heterocycles. The Morgan fingerprint density at radius 1 is 0.900 bits per heavy atom. The zero-order valence-corrected chi connectivity index (χ0v) is 17.7. The molecule has 0 bridgehead atoms. The number of carbonyl (C=O) groups excluding carboxylic acids is 2. The van der Waals surface area contributed by atoms with Gasteiger partial charge in [0.15, 0.2) is 5.13 Å². The predicted octanol–water partition coefficient (Wildman–Crippen LogP) is 4.82. The largest absolute Gasteiger partial charge is 0.325 e. The predicted molar refractivity (Wildman–Crippen MR) is 122 cm³/mol. The summed E-state index contributed by atoms with van der Waals surface area (Å²) in [6, 6.07) is 14.2. The van der Waals surface area contributed by atoms with E-state index in [1.54, 1.807) is 11.3 Å². The van der Waals surface area contributed by atoms with Gasteiger partial charge in [0.25, 0.3) is 0 Å². The number of rotatable bonds is 6. The minimum Gasteiger partial charge on any atom is -0.325 e. The molecular weight excluding hydrogens is 414 g/mol. The van der Waals surface area contributed by atoms with Crippen molar-refractivity contribution in [2.45, 2.75) is 25.7 Å². The molecule has 5 rings (SSSR count). The molecule has 2 amide bonds. The lowest BCUT2D eigenvalue weighted by atomic mass is 10.0. The fourth-order valence-corrected chi connectivity index (χ4v) is 5.33. The summed E-state index contributed by atoms with van der Waals surface area (Å²) in [5, 5.41) is 12.5. The molecule has 0 radical (unpaired) electrons. The van der Waals surface area contributed by atoms with Crippen molar-refractivity contribution in [3.63, 3.8) is 0 Å². The third-order valence-corrected chi connectivity index (χ3v) is 6.89. The van der Waals surface area contributed by atoms with Crippen molar-refractivity contribution in [2.24, 2.45) is 0 Å². The van der Waals surface area contributed by atoms with Gasteiger partial charge >= 0.3 is 0 Å². The molecule has 2 aromatic carbocycles. The molecule has 5 nitrogen and oxygen atoms in total. The number of thiophene rings is 1. The minimum absolute atomic E-state index is 0.101. The van der Waals surface area contributed by atoms with E-state index in [1.807, 2.05) is 35.0 Å². The lowest BCUT2D eigenvalue weighted by Crippen LogP contribution is -2.16. The SMILES string of the molecule is O=C(Cc1cccs1)Nc1nc(CC(=O)Nc2ccc3c4c(cccc24)CC3)cs1. The van der Waals surface area contributed by atoms with Crippen LogP contribution in [-0.2, 0) is 35.3 Å². The molecule has 0 saturated carbocycles. The number of carbonyl (C=O) groups is 2. The first-order valence-corrected chi connectivity index (χ1v) is 11.5. The quantitative estimate of drug-likeness (QED) is 0.458. The topological polar surface area (TPSA) is 71.1 Å². The Morgan fingerprint density at radius 2 is 1.73 bits per heavy atom. The fraction of sp³-hybridized carbons (Fsp3) is 0.174. The monoisotopic (exact) mass is 433 g/mol. The van der Waals surface area contributed by atoms with Crippen LogP contribution < -0.4 is 10.6 Å². The lowest BCUT2D eigenvalue weighted by Gasteiger charge is -2.10. The van der Waals surface area contributed by atoms with E-state index in [2.05, 4.69) is 33.8 Å². The van der Waals surface area contributed by atoms with Crippen molar-refractivity contribution in [2.75, 3.05) is 10.6 Å². The van der Waals surface area contributed by atoms with Crippen LogP contribution >= 0.6 is 22.7 Å². The van der Waals surface area contributed by atoms with E-state index in [-0.39, 0.29) is 18.2 Å². The van der Waals surface area contributed by atoms with Crippen LogP contribution in [0.25, 0.3) is 10.8 Å². The Kier molecular flexibility index (Phi) is 5.06. The number of benzene rings is 2. The van der Waals surface area contributed by atoms with Crippen LogP contribution in [0.2, 0.25) is 0 Å². The molecule has 0 aliphatic heterocycles. The minimum atomic E-state index is -0.115. The molecule has 2 N–H and O–H groups in total. The first kappa shape index (κ1) is 19.0. The van der Waals surface area contributed by atoms with Gasteiger partial charge in [0, 0.05) is 21.3 Å². The van der Waals surface area contributed by atoms with E-state index < -0.39 is 0 Å². The Morgan fingerprint density at radius 3 is 2.57 bits per heavy atom. The smallest absolute Gasteiger partial charge is 0.231 e. The van der Waals surface area contributed by atoms with E-state index in [1.165, 1.54) is 27.8 Å². The molecule has 150 valence electrons. The highest BCUT2D eigenvalue weighted by Crippen LogP contribution is 2.35. The number of hydrogen-bond donors (Lipinski definition) is 2. The highest BCUT2D eigenvalue weighted by molar-refractivity contribution is 7.14. The summed E-state index contributed by atoms with van der Waals surface area (Å²) in [5.41, 5.74) is 4.18. The number of hydrogen-bond acceptors (Lipinski definition) is 5. The first-order valence-electron chi connectivity index (χ1n) is 9.76. The van der Waals surface area contributed by atoms with Gasteiger partial charge in [-0.05, 0) is 46.9 Å². The lowest BCUT2D eigenvalue weighted by molar-refractivity contribution is -0.116. The third kappa shape index (κ3) is 3.86. The van der Waals surface area contributed by atoms with Crippen LogP contribution in [0.1, 0.15) is 21.7 Å². The summed E-state index contributed by atoms with van der Waals surface area (Å²) in [6.45, 7) is 0. The second-order valence-corrected chi connectivity index (χ2v) is 9.18. The maximum atomic E-state index is 12.6. The van der Waals surface area contributed by atoms with Gasteiger partial charge in [0.05, 0.1) is 18.5 Å². The number of amides is 2. The van der Waals surface area contributed by atoms with Gasteiger partial charge < -0.3 is 10.6 Å². The van der Waals surface area contributed by atoms with E-state index in [0.717, 1.165) is 28.8 Å². The molecule has 1 aliphatic rings. The summed E-state index contributed by atoms with van der Waals surface area (Å²) in [7, 11) is 0. The van der Waals surface area contributed by atoms with Crippen molar-refractivity contribution < 1.29 is 9.59 Å². The maximum absolute atomic E-state index is 12.6. The van der Waals surface area contributed by atoms with E-state index in [4.69, 9.17) is 0 Å². The molecule has 0 atom stereocenters. The Hall–Kier alpha value is -3.03. The van der Waals surface area contributed by atoms with Crippen molar-refractivity contribution in [1.82, 2.24) is 4.98 Å². The Balaban J connectivity index is 1.24. The number of nitrogens with one attached hydrogen (secondary N) is 2. The number of aryl methyl sites for hydroxylation is 2. The third-order valence-electron chi connectivity index (χ3n) is 5.21. The van der Waals surface area contributed by atoms with Crippen molar-refractivity contribution in [3.8, 4) is 0 Å². The zero-order valence-electron chi connectivity index (χ0n) is 16.1. The van der Waals surface area contributed by atoms with Gasteiger partial charge in [-0.3, -0.25) is 9.59 Å². The molecule has 0 spiro atoms. The maximum Gasteiger partial charge on any atom is 0.231 e. The zero-order chi connectivity index (χ0) is 20.5. The molecule has 0 saturated heterocycles. The summed E-state index contributed by atoms with van der Waals surface area (Å²) in [6.07, 6.45) is 2.62. The Bertz CT molecular complexity index is 1230. The number of thiazole rings is 1. The van der Waals surface area contributed by atoms with Gasteiger partial charge in [-0.1, -0.05) is 30.3 Å². The average Bonchev–Trinajstić information content (AvgIpc) is 3.47. The van der Waals surface area contributed by atoms with Crippen LogP contribution in [0.15, 0.2) is 53.2 Å². The van der Waals surface area contributed by atoms with Crippen LogP contribution in [-0.4, -0.2) is 16.8 Å². The Labute approximate surface area is 181 Å². The van der Waals surface area contributed by atoms with Gasteiger partial charge in [-0.25, -0.2) is 4.98 Å². The highest BCUT2D eigenvalue weighted by Gasteiger charge is 2.17. The number of anilines is 2. The van der Waals surface area contributed by atoms with Crippen LogP contribution in [0, 0.1) is 0 Å². The summed E-state index contributed by atoms with van der Waals surface area (Å²) in [5.74, 6) is -0.217. The van der Waals surface area contributed by atoms with Crippen LogP contribution in [0.3, 0.4) is 0 Å². The summed E-state index contributed by atoms with van der Waals surface area (Å²) < 4.78 is 0. The number of aromatic nitrogens is 1. The van der Waals surface area contributed by atoms with Crippen molar-refractivity contribution in [3.05, 3.63) is 74.9 Å². The number of nitrogens with zero attached hydrogens (tertiary/aromatic N) is 1. The van der Waals surface area contributed by atoms with Crippen LogP contribution in [0.4, 0.5) is 10.8 Å². The van der Waals surface area contributed by atoms with Crippen LogP contribution in [0.5, 0.6) is 0 Å². The van der Waals surface area contributed by atoms with Gasteiger partial charge in [-0.15, -0.1) is 22.7 Å². The first-order chi connectivity index (χ1) is 14.7. The van der Waals surface area contributed by atoms with Gasteiger partial charge in [0.1, 0.15) is 0 Å². The molecule has 0 fully saturated rings. The van der Waals surface area contributed by atoms with Gasteiger partial charge in [-0.2, -0.15) is 0 Å². The summed E-state index contributed by atoms with van der Waals surface area (Å²) >= 11 is 2.89. The second-order valence-electron chi connectivity index (χ2n) is 7.29.